The van der Waals surface area contributed by atoms with E-state index in [1.54, 1.807) is 4.90 Å². The number of carbonyl (C=O) groups is 1. The lowest BCUT2D eigenvalue weighted by Crippen LogP contribution is -2.40. The number of rotatable bonds is 4. The van der Waals surface area contributed by atoms with Gasteiger partial charge in [-0.15, -0.1) is 5.10 Å². The number of likely N-dealkylation sites (tertiary alicyclic amines) is 1. The van der Waals surface area contributed by atoms with E-state index in [0.29, 0.717) is 32.0 Å². The molecule has 0 bridgehead atoms. The minimum atomic E-state index is -4.65. The van der Waals surface area contributed by atoms with Crippen LogP contribution in [0.3, 0.4) is 0 Å². The van der Waals surface area contributed by atoms with E-state index in [9.17, 15) is 22.8 Å². The monoisotopic (exact) mass is 432 g/mol. The summed E-state index contributed by atoms with van der Waals surface area (Å²) >= 11 is 0. The number of para-hydroxylation sites is 1. The molecule has 2 aromatic heterocycles. The van der Waals surface area contributed by atoms with Crippen LogP contribution < -0.4 is 5.56 Å². The van der Waals surface area contributed by atoms with Crippen LogP contribution in [0, 0.1) is 5.92 Å². The molecule has 162 valence electrons. The lowest BCUT2D eigenvalue weighted by molar-refractivity contribution is -0.141. The molecular formula is C20H19F3N6O2. The molecule has 0 N–H and O–H groups in total. The van der Waals surface area contributed by atoms with Crippen molar-refractivity contribution in [1.29, 1.82) is 0 Å². The van der Waals surface area contributed by atoms with Gasteiger partial charge in [0.25, 0.3) is 11.5 Å². The molecule has 4 rings (SSSR count). The Kier molecular flexibility index (Phi) is 5.57. The van der Waals surface area contributed by atoms with Crippen LogP contribution in [0.4, 0.5) is 13.2 Å². The lowest BCUT2D eigenvalue weighted by atomic mass is 9.96. The van der Waals surface area contributed by atoms with Crippen LogP contribution in [0.25, 0.3) is 5.69 Å². The van der Waals surface area contributed by atoms with E-state index >= 15 is 0 Å². The third kappa shape index (κ3) is 4.65. The molecule has 31 heavy (non-hydrogen) atoms. The summed E-state index contributed by atoms with van der Waals surface area (Å²) in [5.41, 5.74) is -0.947. The summed E-state index contributed by atoms with van der Waals surface area (Å²) in [5.74, 6) is -0.172. The highest BCUT2D eigenvalue weighted by Gasteiger charge is 2.33. The molecule has 1 saturated heterocycles. The molecule has 1 amide bonds. The first-order chi connectivity index (χ1) is 14.8. The van der Waals surface area contributed by atoms with Crippen molar-refractivity contribution in [3.63, 3.8) is 0 Å². The van der Waals surface area contributed by atoms with Gasteiger partial charge in [-0.1, -0.05) is 18.2 Å². The summed E-state index contributed by atoms with van der Waals surface area (Å²) < 4.78 is 39.2. The fourth-order valence-electron chi connectivity index (χ4n) is 3.52. The van der Waals surface area contributed by atoms with Gasteiger partial charge in [-0.2, -0.15) is 23.1 Å². The number of nitrogens with zero attached hydrogens (tertiary/aromatic N) is 6. The zero-order chi connectivity index (χ0) is 22.0. The van der Waals surface area contributed by atoms with Gasteiger partial charge in [0.15, 0.2) is 11.4 Å². The van der Waals surface area contributed by atoms with E-state index in [1.165, 1.54) is 15.6 Å². The Bertz CT molecular complexity index is 1120. The normalized spacial score (nSPS) is 15.3. The standard InChI is InChI=1S/C20H19F3N6O2/c21-20(22,23)17-10-18(30)28(13-24-17)12-14-6-8-27(9-7-14)19(31)16-11-25-29(26-16)15-4-2-1-3-5-15/h1-5,10-11,13-14H,6-9,12H2. The van der Waals surface area contributed by atoms with Crippen LogP contribution in [0.5, 0.6) is 0 Å². The zero-order valence-electron chi connectivity index (χ0n) is 16.4. The van der Waals surface area contributed by atoms with Gasteiger partial charge in [0.2, 0.25) is 0 Å². The van der Waals surface area contributed by atoms with Crippen molar-refractivity contribution in [2.24, 2.45) is 5.92 Å². The molecule has 1 aromatic carbocycles. The average Bonchev–Trinajstić information content (AvgIpc) is 3.25. The van der Waals surface area contributed by atoms with Crippen molar-refractivity contribution in [1.82, 2.24) is 29.4 Å². The molecule has 0 unspecified atom stereocenters. The number of carbonyl (C=O) groups excluding carboxylic acids is 1. The molecule has 0 radical (unpaired) electrons. The third-order valence-corrected chi connectivity index (χ3v) is 5.22. The Balaban J connectivity index is 1.35. The summed E-state index contributed by atoms with van der Waals surface area (Å²) in [6.07, 6.45) is -1.05. The molecule has 0 saturated carbocycles. The second-order valence-electron chi connectivity index (χ2n) is 7.35. The minimum absolute atomic E-state index is 0.0558. The molecule has 1 aliphatic heterocycles. The molecule has 3 heterocycles. The summed E-state index contributed by atoms with van der Waals surface area (Å²) in [6.45, 7) is 1.19. The second kappa shape index (κ2) is 8.32. The van der Waals surface area contributed by atoms with Crippen molar-refractivity contribution >= 4 is 5.91 Å². The lowest BCUT2D eigenvalue weighted by Gasteiger charge is -2.31. The number of benzene rings is 1. The predicted octanol–water partition coefficient (Wildman–Crippen LogP) is 2.40. The Morgan fingerprint density at radius 1 is 1.13 bits per heavy atom. The van der Waals surface area contributed by atoms with E-state index < -0.39 is 17.4 Å². The number of aromatic nitrogens is 5. The van der Waals surface area contributed by atoms with Gasteiger partial charge < -0.3 is 4.90 Å². The second-order valence-corrected chi connectivity index (χ2v) is 7.35. The summed E-state index contributed by atoms with van der Waals surface area (Å²) in [6, 6.07) is 9.74. The third-order valence-electron chi connectivity index (χ3n) is 5.22. The molecule has 0 spiro atoms. The van der Waals surface area contributed by atoms with Crippen LogP contribution in [-0.4, -0.2) is 48.4 Å². The van der Waals surface area contributed by atoms with Crippen LogP contribution in [0.1, 0.15) is 29.0 Å². The van der Waals surface area contributed by atoms with Gasteiger partial charge in [0, 0.05) is 25.7 Å². The highest BCUT2D eigenvalue weighted by molar-refractivity contribution is 5.92. The van der Waals surface area contributed by atoms with Crippen LogP contribution in [0.2, 0.25) is 0 Å². The Morgan fingerprint density at radius 3 is 2.48 bits per heavy atom. The number of hydrogen-bond acceptors (Lipinski definition) is 5. The van der Waals surface area contributed by atoms with Gasteiger partial charge in [0.1, 0.15) is 0 Å². The van der Waals surface area contributed by atoms with Crippen LogP contribution >= 0.6 is 0 Å². The van der Waals surface area contributed by atoms with Crippen molar-refractivity contribution in [3.05, 3.63) is 70.7 Å². The van der Waals surface area contributed by atoms with Gasteiger partial charge >= 0.3 is 6.18 Å². The molecule has 1 aliphatic rings. The van der Waals surface area contributed by atoms with E-state index in [0.717, 1.165) is 12.0 Å². The highest BCUT2D eigenvalue weighted by atomic mass is 19.4. The van der Waals surface area contributed by atoms with Crippen molar-refractivity contribution in [3.8, 4) is 5.69 Å². The predicted molar refractivity (Wildman–Crippen MR) is 103 cm³/mol. The number of piperidine rings is 1. The Morgan fingerprint density at radius 2 is 1.84 bits per heavy atom. The summed E-state index contributed by atoms with van der Waals surface area (Å²) in [5, 5.41) is 8.39. The molecule has 0 aliphatic carbocycles. The van der Waals surface area contributed by atoms with Crippen molar-refractivity contribution in [2.75, 3.05) is 13.1 Å². The molecule has 1 fully saturated rings. The average molecular weight is 432 g/mol. The number of alkyl halides is 3. The first-order valence-corrected chi connectivity index (χ1v) is 9.72. The number of halogens is 3. The highest BCUT2D eigenvalue weighted by Crippen LogP contribution is 2.26. The maximum absolute atomic E-state index is 12.7. The van der Waals surface area contributed by atoms with Crippen molar-refractivity contribution in [2.45, 2.75) is 25.6 Å². The van der Waals surface area contributed by atoms with E-state index in [2.05, 4.69) is 15.2 Å². The smallest absolute Gasteiger partial charge is 0.337 e. The minimum Gasteiger partial charge on any atom is -0.337 e. The first-order valence-electron chi connectivity index (χ1n) is 9.72. The number of hydrogen-bond donors (Lipinski definition) is 0. The van der Waals surface area contributed by atoms with E-state index in [-0.39, 0.29) is 24.1 Å². The van der Waals surface area contributed by atoms with Crippen LogP contribution in [0.15, 0.2) is 53.7 Å². The fraction of sp³-hybridized carbons (Fsp3) is 0.350. The largest absolute Gasteiger partial charge is 0.433 e. The quantitative estimate of drug-likeness (QED) is 0.632. The fourth-order valence-corrected chi connectivity index (χ4v) is 3.52. The van der Waals surface area contributed by atoms with Gasteiger partial charge in [-0.3, -0.25) is 14.2 Å². The maximum Gasteiger partial charge on any atom is 0.433 e. The molecule has 3 aromatic rings. The SMILES string of the molecule is O=C(c1cnn(-c2ccccc2)n1)N1CCC(Cn2cnc(C(F)(F)F)cc2=O)CC1. The molecule has 8 nitrogen and oxygen atoms in total. The molecular weight excluding hydrogens is 413 g/mol. The molecule has 0 atom stereocenters. The first kappa shape index (κ1) is 20.8. The molecule has 11 heteroatoms. The Hall–Kier alpha value is -3.50. The zero-order valence-corrected chi connectivity index (χ0v) is 16.4. The Labute approximate surface area is 174 Å². The summed E-state index contributed by atoms with van der Waals surface area (Å²) in [4.78, 5) is 31.1. The van der Waals surface area contributed by atoms with Crippen molar-refractivity contribution < 1.29 is 18.0 Å². The van der Waals surface area contributed by atoms with Gasteiger partial charge in [0.05, 0.1) is 18.2 Å². The van der Waals surface area contributed by atoms with E-state index in [4.69, 9.17) is 0 Å². The van der Waals surface area contributed by atoms with Gasteiger partial charge in [-0.25, -0.2) is 4.98 Å². The maximum atomic E-state index is 12.7. The number of amides is 1. The summed E-state index contributed by atoms with van der Waals surface area (Å²) in [7, 11) is 0. The van der Waals surface area contributed by atoms with Crippen LogP contribution in [-0.2, 0) is 12.7 Å². The topological polar surface area (TPSA) is 85.9 Å². The van der Waals surface area contributed by atoms with Gasteiger partial charge in [-0.05, 0) is 30.9 Å². The van der Waals surface area contributed by atoms with E-state index in [1.807, 2.05) is 30.3 Å².